The van der Waals surface area contributed by atoms with Gasteiger partial charge in [0.05, 0.1) is 25.6 Å². The molecule has 0 aliphatic carbocycles. The standard InChI is InChI=1S/C18H17NO4/c20-17(14-6-2-1-3-7-14)18(21)19(12-15-8-4-10-22-15)13-16-9-5-11-23-16/h1-11,17,20H,12-13H2. The Hall–Kier alpha value is -2.79. The number of benzene rings is 1. The van der Waals surface area contributed by atoms with Crippen molar-refractivity contribution in [2.24, 2.45) is 0 Å². The number of carbonyl (C=O) groups excluding carboxylic acids is 1. The fourth-order valence-corrected chi connectivity index (χ4v) is 2.34. The molecule has 1 N–H and O–H groups in total. The fraction of sp³-hybridized carbons (Fsp3) is 0.167. The minimum absolute atomic E-state index is 0.260. The topological polar surface area (TPSA) is 66.8 Å². The molecule has 0 fully saturated rings. The first kappa shape index (κ1) is 15.1. The van der Waals surface area contributed by atoms with E-state index in [2.05, 4.69) is 0 Å². The minimum Gasteiger partial charge on any atom is -0.467 e. The first-order valence-electron chi connectivity index (χ1n) is 7.30. The number of furan rings is 2. The van der Waals surface area contributed by atoms with Crippen molar-refractivity contribution in [3.05, 3.63) is 84.2 Å². The molecule has 3 aromatic rings. The molecular formula is C18H17NO4. The number of aliphatic hydroxyl groups is 1. The van der Waals surface area contributed by atoms with E-state index in [0.717, 1.165) is 0 Å². The van der Waals surface area contributed by atoms with Gasteiger partial charge < -0.3 is 18.8 Å². The first-order chi connectivity index (χ1) is 11.2. The van der Waals surface area contributed by atoms with Gasteiger partial charge in [0, 0.05) is 0 Å². The summed E-state index contributed by atoms with van der Waals surface area (Å²) in [6, 6.07) is 16.0. The van der Waals surface area contributed by atoms with Crippen LogP contribution in [-0.2, 0) is 17.9 Å². The lowest BCUT2D eigenvalue weighted by Gasteiger charge is -2.23. The highest BCUT2D eigenvalue weighted by Crippen LogP contribution is 2.19. The van der Waals surface area contributed by atoms with Crippen LogP contribution in [0, 0.1) is 0 Å². The molecular weight excluding hydrogens is 294 g/mol. The van der Waals surface area contributed by atoms with Crippen molar-refractivity contribution >= 4 is 5.91 Å². The molecule has 0 spiro atoms. The van der Waals surface area contributed by atoms with Crippen LogP contribution in [0.3, 0.4) is 0 Å². The van der Waals surface area contributed by atoms with Crippen LogP contribution in [0.15, 0.2) is 76.0 Å². The lowest BCUT2D eigenvalue weighted by atomic mass is 10.1. The maximum atomic E-state index is 12.7. The molecule has 2 heterocycles. The quantitative estimate of drug-likeness (QED) is 0.759. The molecule has 0 aliphatic heterocycles. The Bertz CT molecular complexity index is 683. The Morgan fingerprint density at radius 3 is 1.96 bits per heavy atom. The second kappa shape index (κ2) is 6.98. The number of hydrogen-bond donors (Lipinski definition) is 1. The highest BCUT2D eigenvalue weighted by molar-refractivity contribution is 5.82. The zero-order valence-electron chi connectivity index (χ0n) is 12.5. The average molecular weight is 311 g/mol. The molecule has 5 heteroatoms. The molecule has 1 aromatic carbocycles. The Kier molecular flexibility index (Phi) is 4.59. The molecule has 0 saturated heterocycles. The second-order valence-electron chi connectivity index (χ2n) is 5.17. The molecule has 1 unspecified atom stereocenters. The Morgan fingerprint density at radius 1 is 0.913 bits per heavy atom. The molecule has 1 atom stereocenters. The number of amides is 1. The van der Waals surface area contributed by atoms with E-state index in [0.29, 0.717) is 17.1 Å². The Morgan fingerprint density at radius 2 is 1.48 bits per heavy atom. The predicted octanol–water partition coefficient (Wildman–Crippen LogP) is 3.14. The van der Waals surface area contributed by atoms with Crippen molar-refractivity contribution in [1.82, 2.24) is 4.90 Å². The summed E-state index contributed by atoms with van der Waals surface area (Å²) in [5.74, 6) is 0.888. The molecule has 3 rings (SSSR count). The Labute approximate surface area is 133 Å². The fourth-order valence-electron chi connectivity index (χ4n) is 2.34. The average Bonchev–Trinajstić information content (AvgIpc) is 3.27. The summed E-state index contributed by atoms with van der Waals surface area (Å²) in [6.45, 7) is 0.521. The third kappa shape index (κ3) is 3.70. The van der Waals surface area contributed by atoms with Crippen LogP contribution >= 0.6 is 0 Å². The lowest BCUT2D eigenvalue weighted by molar-refractivity contribution is -0.142. The van der Waals surface area contributed by atoms with Gasteiger partial charge in [-0.15, -0.1) is 0 Å². The highest BCUT2D eigenvalue weighted by Gasteiger charge is 2.25. The summed E-state index contributed by atoms with van der Waals surface area (Å²) >= 11 is 0. The second-order valence-corrected chi connectivity index (χ2v) is 5.17. The van der Waals surface area contributed by atoms with Gasteiger partial charge in [-0.1, -0.05) is 30.3 Å². The largest absolute Gasteiger partial charge is 0.467 e. The number of rotatable bonds is 6. The van der Waals surface area contributed by atoms with Crippen molar-refractivity contribution in [1.29, 1.82) is 0 Å². The summed E-state index contributed by atoms with van der Waals surface area (Å²) in [6.07, 6.45) is 1.89. The zero-order valence-corrected chi connectivity index (χ0v) is 12.5. The van der Waals surface area contributed by atoms with E-state index in [9.17, 15) is 9.90 Å². The molecule has 0 radical (unpaired) electrons. The van der Waals surface area contributed by atoms with E-state index in [-0.39, 0.29) is 13.1 Å². The smallest absolute Gasteiger partial charge is 0.256 e. The number of carbonyl (C=O) groups is 1. The van der Waals surface area contributed by atoms with E-state index in [1.54, 1.807) is 61.1 Å². The number of nitrogens with zero attached hydrogens (tertiary/aromatic N) is 1. The summed E-state index contributed by atoms with van der Waals surface area (Å²) in [5, 5.41) is 10.4. The van der Waals surface area contributed by atoms with Crippen LogP contribution in [0.25, 0.3) is 0 Å². The molecule has 1 amide bonds. The molecule has 2 aromatic heterocycles. The Balaban J connectivity index is 1.80. The summed E-state index contributed by atoms with van der Waals surface area (Å²) in [5.41, 5.74) is 0.557. The molecule has 5 nitrogen and oxygen atoms in total. The predicted molar refractivity (Wildman–Crippen MR) is 83.1 cm³/mol. The van der Waals surface area contributed by atoms with Crippen molar-refractivity contribution in [3.63, 3.8) is 0 Å². The van der Waals surface area contributed by atoms with Crippen molar-refractivity contribution in [2.45, 2.75) is 19.2 Å². The molecule has 0 aliphatic rings. The summed E-state index contributed by atoms with van der Waals surface area (Å²) in [4.78, 5) is 14.2. The van der Waals surface area contributed by atoms with Crippen LogP contribution in [-0.4, -0.2) is 15.9 Å². The molecule has 0 bridgehead atoms. The van der Waals surface area contributed by atoms with Gasteiger partial charge in [0.15, 0.2) is 6.10 Å². The maximum Gasteiger partial charge on any atom is 0.256 e. The monoisotopic (exact) mass is 311 g/mol. The van der Waals surface area contributed by atoms with Gasteiger partial charge in [-0.05, 0) is 29.8 Å². The van der Waals surface area contributed by atoms with Gasteiger partial charge >= 0.3 is 0 Å². The maximum absolute atomic E-state index is 12.7. The minimum atomic E-state index is -1.22. The molecule has 118 valence electrons. The van der Waals surface area contributed by atoms with Crippen LogP contribution in [0.5, 0.6) is 0 Å². The van der Waals surface area contributed by atoms with Crippen molar-refractivity contribution in [2.75, 3.05) is 0 Å². The summed E-state index contributed by atoms with van der Waals surface area (Å²) in [7, 11) is 0. The zero-order chi connectivity index (χ0) is 16.1. The van der Waals surface area contributed by atoms with Gasteiger partial charge in [-0.3, -0.25) is 4.79 Å². The van der Waals surface area contributed by atoms with E-state index >= 15 is 0 Å². The normalized spacial score (nSPS) is 12.0. The first-order valence-corrected chi connectivity index (χ1v) is 7.30. The SMILES string of the molecule is O=C(C(O)c1ccccc1)N(Cc1ccco1)Cc1ccco1. The third-order valence-electron chi connectivity index (χ3n) is 3.51. The van der Waals surface area contributed by atoms with Gasteiger partial charge in [-0.25, -0.2) is 0 Å². The lowest BCUT2D eigenvalue weighted by Crippen LogP contribution is -2.34. The van der Waals surface area contributed by atoms with Gasteiger partial charge in [0.25, 0.3) is 5.91 Å². The molecule has 0 saturated carbocycles. The van der Waals surface area contributed by atoms with E-state index in [4.69, 9.17) is 8.83 Å². The van der Waals surface area contributed by atoms with Crippen LogP contribution in [0.4, 0.5) is 0 Å². The van der Waals surface area contributed by atoms with Gasteiger partial charge in [0.1, 0.15) is 11.5 Å². The van der Waals surface area contributed by atoms with E-state index in [1.807, 2.05) is 6.07 Å². The van der Waals surface area contributed by atoms with Crippen molar-refractivity contribution in [3.8, 4) is 0 Å². The summed E-state index contributed by atoms with van der Waals surface area (Å²) < 4.78 is 10.6. The van der Waals surface area contributed by atoms with Gasteiger partial charge in [-0.2, -0.15) is 0 Å². The van der Waals surface area contributed by atoms with Crippen molar-refractivity contribution < 1.29 is 18.7 Å². The number of hydrogen-bond acceptors (Lipinski definition) is 4. The van der Waals surface area contributed by atoms with Crippen LogP contribution < -0.4 is 0 Å². The number of aliphatic hydroxyl groups excluding tert-OH is 1. The van der Waals surface area contributed by atoms with Gasteiger partial charge in [0.2, 0.25) is 0 Å². The highest BCUT2D eigenvalue weighted by atomic mass is 16.3. The van der Waals surface area contributed by atoms with Crippen LogP contribution in [0.1, 0.15) is 23.2 Å². The van der Waals surface area contributed by atoms with E-state index in [1.165, 1.54) is 4.90 Å². The van der Waals surface area contributed by atoms with E-state index < -0.39 is 12.0 Å². The third-order valence-corrected chi connectivity index (χ3v) is 3.51. The van der Waals surface area contributed by atoms with Crippen LogP contribution in [0.2, 0.25) is 0 Å². The molecule has 23 heavy (non-hydrogen) atoms.